The maximum absolute atomic E-state index is 3.51. The van der Waals surface area contributed by atoms with Gasteiger partial charge >= 0.3 is 0 Å². The van der Waals surface area contributed by atoms with Crippen molar-refractivity contribution in [3.63, 3.8) is 0 Å². The molecule has 1 aromatic carbocycles. The van der Waals surface area contributed by atoms with E-state index in [1.165, 1.54) is 30.4 Å². The lowest BCUT2D eigenvalue weighted by Gasteiger charge is -2.25. The van der Waals surface area contributed by atoms with Crippen molar-refractivity contribution in [3.05, 3.63) is 35.4 Å². The van der Waals surface area contributed by atoms with Gasteiger partial charge in [0.1, 0.15) is 0 Å². The molecule has 1 nitrogen and oxygen atoms in total. The summed E-state index contributed by atoms with van der Waals surface area (Å²) in [7, 11) is 0. The van der Waals surface area contributed by atoms with Crippen molar-refractivity contribution in [1.82, 2.24) is 5.32 Å². The summed E-state index contributed by atoms with van der Waals surface area (Å²) in [5.74, 6) is 0. The van der Waals surface area contributed by atoms with Gasteiger partial charge in [-0.3, -0.25) is 0 Å². The quantitative estimate of drug-likeness (QED) is 0.755. The summed E-state index contributed by atoms with van der Waals surface area (Å²) < 4.78 is 0. The average Bonchev–Trinajstić information content (AvgIpc) is 2.27. The molecule has 0 radical (unpaired) electrons. The standard InChI is InChI=1S/C17H29N/c1-14(2)18-13-12-17(4,5)11-10-16-8-6-15(3)7-9-16/h6-9,14,18H,10-13H2,1-5H3. The third kappa shape index (κ3) is 6.20. The van der Waals surface area contributed by atoms with E-state index in [9.17, 15) is 0 Å². The van der Waals surface area contributed by atoms with Gasteiger partial charge in [-0.15, -0.1) is 0 Å². The zero-order chi connectivity index (χ0) is 13.6. The fraction of sp³-hybridized carbons (Fsp3) is 0.647. The molecule has 1 rings (SSSR count). The topological polar surface area (TPSA) is 12.0 Å². The lowest BCUT2D eigenvalue weighted by atomic mass is 9.83. The minimum absolute atomic E-state index is 0.423. The maximum atomic E-state index is 3.51. The Hall–Kier alpha value is -0.820. The van der Waals surface area contributed by atoms with E-state index < -0.39 is 0 Å². The molecule has 18 heavy (non-hydrogen) atoms. The van der Waals surface area contributed by atoms with E-state index in [0.29, 0.717) is 11.5 Å². The lowest BCUT2D eigenvalue weighted by Crippen LogP contribution is -2.28. The highest BCUT2D eigenvalue weighted by atomic mass is 14.9. The fourth-order valence-electron chi connectivity index (χ4n) is 2.06. The number of nitrogens with one attached hydrogen (secondary N) is 1. The van der Waals surface area contributed by atoms with E-state index >= 15 is 0 Å². The van der Waals surface area contributed by atoms with Crippen molar-refractivity contribution < 1.29 is 0 Å². The molecule has 0 aliphatic carbocycles. The van der Waals surface area contributed by atoms with Crippen LogP contribution in [0.25, 0.3) is 0 Å². The van der Waals surface area contributed by atoms with Gasteiger partial charge in [0, 0.05) is 6.04 Å². The summed E-state index contributed by atoms with van der Waals surface area (Å²) >= 11 is 0. The molecule has 0 unspecified atom stereocenters. The Bertz CT molecular complexity index is 335. The molecular formula is C17H29N. The van der Waals surface area contributed by atoms with E-state index in [2.05, 4.69) is 64.2 Å². The summed E-state index contributed by atoms with van der Waals surface area (Å²) in [4.78, 5) is 0. The van der Waals surface area contributed by atoms with Gasteiger partial charge in [0.25, 0.3) is 0 Å². The van der Waals surface area contributed by atoms with Crippen LogP contribution in [-0.4, -0.2) is 12.6 Å². The Balaban J connectivity index is 2.34. The molecule has 0 aliphatic heterocycles. The molecule has 0 fully saturated rings. The monoisotopic (exact) mass is 247 g/mol. The minimum Gasteiger partial charge on any atom is -0.315 e. The smallest absolute Gasteiger partial charge is 0.00103 e. The third-order valence-electron chi connectivity index (χ3n) is 3.57. The van der Waals surface area contributed by atoms with Gasteiger partial charge in [-0.1, -0.05) is 57.5 Å². The molecule has 1 N–H and O–H groups in total. The predicted octanol–water partition coefficient (Wildman–Crippen LogP) is 4.34. The molecule has 0 spiro atoms. The molecular weight excluding hydrogens is 218 g/mol. The summed E-state index contributed by atoms with van der Waals surface area (Å²) in [6.45, 7) is 12.4. The Morgan fingerprint density at radius 2 is 1.67 bits per heavy atom. The molecule has 1 heteroatoms. The number of hydrogen-bond donors (Lipinski definition) is 1. The van der Waals surface area contributed by atoms with Gasteiger partial charge in [-0.25, -0.2) is 0 Å². The van der Waals surface area contributed by atoms with Gasteiger partial charge in [-0.2, -0.15) is 0 Å². The van der Waals surface area contributed by atoms with Crippen LogP contribution in [0, 0.1) is 12.3 Å². The van der Waals surface area contributed by atoms with Crippen molar-refractivity contribution in [1.29, 1.82) is 0 Å². The SMILES string of the molecule is Cc1ccc(CCC(C)(C)CCNC(C)C)cc1. The molecule has 102 valence electrons. The molecule has 0 saturated carbocycles. The lowest BCUT2D eigenvalue weighted by molar-refractivity contribution is 0.298. The zero-order valence-electron chi connectivity index (χ0n) is 12.7. The van der Waals surface area contributed by atoms with Gasteiger partial charge in [-0.05, 0) is 43.7 Å². The Morgan fingerprint density at radius 3 is 2.22 bits per heavy atom. The van der Waals surface area contributed by atoms with Crippen molar-refractivity contribution in [2.75, 3.05) is 6.54 Å². The first-order valence-electron chi connectivity index (χ1n) is 7.18. The minimum atomic E-state index is 0.423. The van der Waals surface area contributed by atoms with Crippen molar-refractivity contribution in [2.45, 2.75) is 59.9 Å². The largest absolute Gasteiger partial charge is 0.315 e. The molecule has 0 bridgehead atoms. The van der Waals surface area contributed by atoms with Crippen LogP contribution < -0.4 is 5.32 Å². The van der Waals surface area contributed by atoms with Gasteiger partial charge < -0.3 is 5.32 Å². The van der Waals surface area contributed by atoms with E-state index in [1.54, 1.807) is 0 Å². The number of benzene rings is 1. The first-order valence-corrected chi connectivity index (χ1v) is 7.18. The summed E-state index contributed by atoms with van der Waals surface area (Å²) in [6, 6.07) is 9.54. The fourth-order valence-corrected chi connectivity index (χ4v) is 2.06. The second-order valence-corrected chi connectivity index (χ2v) is 6.51. The van der Waals surface area contributed by atoms with E-state index in [1.807, 2.05) is 0 Å². The molecule has 0 amide bonds. The number of hydrogen-bond acceptors (Lipinski definition) is 1. The maximum Gasteiger partial charge on any atom is 0.00103 e. The van der Waals surface area contributed by atoms with Crippen LogP contribution in [0.5, 0.6) is 0 Å². The van der Waals surface area contributed by atoms with E-state index in [0.717, 1.165) is 6.54 Å². The Labute approximate surface area is 113 Å². The van der Waals surface area contributed by atoms with Crippen LogP contribution in [-0.2, 0) is 6.42 Å². The Kier molecular flexibility index (Phi) is 5.87. The van der Waals surface area contributed by atoms with Crippen molar-refractivity contribution in [2.24, 2.45) is 5.41 Å². The van der Waals surface area contributed by atoms with Crippen molar-refractivity contribution in [3.8, 4) is 0 Å². The van der Waals surface area contributed by atoms with Crippen LogP contribution in [0.2, 0.25) is 0 Å². The summed E-state index contributed by atoms with van der Waals surface area (Å²) in [6.07, 6.45) is 3.70. The highest BCUT2D eigenvalue weighted by molar-refractivity contribution is 5.21. The van der Waals surface area contributed by atoms with Crippen LogP contribution >= 0.6 is 0 Å². The summed E-state index contributed by atoms with van der Waals surface area (Å²) in [5.41, 5.74) is 3.23. The highest BCUT2D eigenvalue weighted by Crippen LogP contribution is 2.26. The zero-order valence-corrected chi connectivity index (χ0v) is 12.7. The number of rotatable bonds is 7. The molecule has 0 aliphatic rings. The molecule has 0 atom stereocenters. The predicted molar refractivity (Wildman–Crippen MR) is 81.0 cm³/mol. The van der Waals surface area contributed by atoms with Gasteiger partial charge in [0.2, 0.25) is 0 Å². The first kappa shape index (κ1) is 15.2. The second kappa shape index (κ2) is 6.94. The van der Waals surface area contributed by atoms with Crippen LogP contribution in [0.15, 0.2) is 24.3 Å². The molecule has 0 aromatic heterocycles. The average molecular weight is 247 g/mol. The highest BCUT2D eigenvalue weighted by Gasteiger charge is 2.17. The van der Waals surface area contributed by atoms with Gasteiger partial charge in [0.15, 0.2) is 0 Å². The normalized spacial score (nSPS) is 12.1. The van der Waals surface area contributed by atoms with Crippen LogP contribution in [0.4, 0.5) is 0 Å². The van der Waals surface area contributed by atoms with Crippen molar-refractivity contribution >= 4 is 0 Å². The van der Waals surface area contributed by atoms with Gasteiger partial charge in [0.05, 0.1) is 0 Å². The third-order valence-corrected chi connectivity index (χ3v) is 3.57. The second-order valence-electron chi connectivity index (χ2n) is 6.51. The molecule has 0 saturated heterocycles. The van der Waals surface area contributed by atoms with Crippen LogP contribution in [0.3, 0.4) is 0 Å². The molecule has 1 aromatic rings. The van der Waals surface area contributed by atoms with E-state index in [-0.39, 0.29) is 0 Å². The first-order chi connectivity index (χ1) is 8.39. The Morgan fingerprint density at radius 1 is 1.06 bits per heavy atom. The molecule has 0 heterocycles. The van der Waals surface area contributed by atoms with Crippen LogP contribution in [0.1, 0.15) is 51.7 Å². The summed E-state index contributed by atoms with van der Waals surface area (Å²) in [5, 5.41) is 3.51. The van der Waals surface area contributed by atoms with E-state index in [4.69, 9.17) is 0 Å². The number of aryl methyl sites for hydroxylation is 2.